The fraction of sp³-hybridized carbons (Fsp3) is 0.750. The van der Waals surface area contributed by atoms with E-state index in [4.69, 9.17) is 4.52 Å². The van der Waals surface area contributed by atoms with E-state index in [9.17, 15) is 13.2 Å². The van der Waals surface area contributed by atoms with Gasteiger partial charge in [0, 0.05) is 31.5 Å². The third-order valence-corrected chi connectivity index (χ3v) is 3.53. The zero-order valence-corrected chi connectivity index (χ0v) is 17.3. The average molecular weight is 476 g/mol. The lowest BCUT2D eigenvalue weighted by atomic mass is 10.1. The van der Waals surface area contributed by atoms with Gasteiger partial charge in [0.25, 0.3) is 0 Å². The second kappa shape index (κ2) is 12.4. The third-order valence-electron chi connectivity index (χ3n) is 3.53. The highest BCUT2D eigenvalue weighted by atomic mass is 127. The normalized spacial score (nSPS) is 12.0. The summed E-state index contributed by atoms with van der Waals surface area (Å²) >= 11 is 0. The van der Waals surface area contributed by atoms with Gasteiger partial charge in [-0.3, -0.25) is 0 Å². The van der Waals surface area contributed by atoms with Crippen LogP contribution in [0.5, 0.6) is 0 Å². The maximum absolute atomic E-state index is 12.1. The van der Waals surface area contributed by atoms with Gasteiger partial charge in [-0.1, -0.05) is 19.0 Å². The molecule has 2 N–H and O–H groups in total. The molecule has 0 aliphatic carbocycles. The Labute approximate surface area is 164 Å². The molecule has 1 aromatic heterocycles. The molecular formula is C16H28F3IN4O. The zero-order chi connectivity index (χ0) is 18.0. The monoisotopic (exact) mass is 476 g/mol. The third kappa shape index (κ3) is 9.31. The molecule has 0 bridgehead atoms. The molecule has 0 radical (unpaired) electrons. The molecule has 0 atom stereocenters. The van der Waals surface area contributed by atoms with Crippen LogP contribution in [0.4, 0.5) is 13.2 Å². The molecule has 0 unspecified atom stereocenters. The van der Waals surface area contributed by atoms with Crippen LogP contribution in [0.1, 0.15) is 57.1 Å². The van der Waals surface area contributed by atoms with Crippen LogP contribution < -0.4 is 10.6 Å². The van der Waals surface area contributed by atoms with Crippen molar-refractivity contribution in [1.82, 2.24) is 15.8 Å². The highest BCUT2D eigenvalue weighted by Crippen LogP contribution is 2.21. The fourth-order valence-corrected chi connectivity index (χ4v) is 2.27. The summed E-state index contributed by atoms with van der Waals surface area (Å²) in [6.07, 6.45) is -2.75. The van der Waals surface area contributed by atoms with E-state index >= 15 is 0 Å². The minimum absolute atomic E-state index is 0. The minimum atomic E-state index is -4.08. The quantitative estimate of drug-likeness (QED) is 0.243. The van der Waals surface area contributed by atoms with E-state index in [0.29, 0.717) is 32.0 Å². The topological polar surface area (TPSA) is 62.5 Å². The number of unbranched alkanes of at least 4 members (excludes halogenated alkanes) is 1. The first-order chi connectivity index (χ1) is 11.4. The Morgan fingerprint density at radius 1 is 1.12 bits per heavy atom. The van der Waals surface area contributed by atoms with E-state index < -0.39 is 12.6 Å². The van der Waals surface area contributed by atoms with E-state index in [0.717, 1.165) is 29.9 Å². The van der Waals surface area contributed by atoms with Gasteiger partial charge < -0.3 is 15.2 Å². The van der Waals surface area contributed by atoms with Gasteiger partial charge in [0.05, 0.1) is 12.2 Å². The van der Waals surface area contributed by atoms with Crippen LogP contribution in [0, 0.1) is 0 Å². The molecule has 1 heterocycles. The molecule has 0 aliphatic heterocycles. The van der Waals surface area contributed by atoms with Crippen molar-refractivity contribution in [3.05, 3.63) is 17.0 Å². The number of aliphatic imine (C=N–C) groups is 1. The van der Waals surface area contributed by atoms with Gasteiger partial charge in [-0.25, -0.2) is 4.99 Å². The number of aryl methyl sites for hydroxylation is 2. The predicted octanol–water partition coefficient (Wildman–Crippen LogP) is 4.21. The lowest BCUT2D eigenvalue weighted by Gasteiger charge is -2.12. The van der Waals surface area contributed by atoms with E-state index in [1.54, 1.807) is 0 Å². The summed E-state index contributed by atoms with van der Waals surface area (Å²) < 4.78 is 41.6. The van der Waals surface area contributed by atoms with E-state index in [-0.39, 0.29) is 30.4 Å². The number of rotatable bonds is 9. The van der Waals surface area contributed by atoms with Gasteiger partial charge in [0.1, 0.15) is 5.76 Å². The Bertz CT molecular complexity index is 496. The highest BCUT2D eigenvalue weighted by molar-refractivity contribution is 14.0. The van der Waals surface area contributed by atoms with Crippen molar-refractivity contribution >= 4 is 29.9 Å². The Balaban J connectivity index is 0.00000576. The van der Waals surface area contributed by atoms with Crippen LogP contribution in [0.15, 0.2) is 9.52 Å². The molecule has 0 saturated heterocycles. The lowest BCUT2D eigenvalue weighted by Crippen LogP contribution is -2.37. The smallest absolute Gasteiger partial charge is 0.361 e. The summed E-state index contributed by atoms with van der Waals surface area (Å²) in [5.74, 6) is 1.42. The number of hydrogen-bond acceptors (Lipinski definition) is 3. The summed E-state index contributed by atoms with van der Waals surface area (Å²) in [4.78, 5) is 4.49. The number of nitrogens with zero attached hydrogens (tertiary/aromatic N) is 2. The first kappa shape index (κ1) is 24.0. The van der Waals surface area contributed by atoms with E-state index in [2.05, 4.69) is 20.8 Å². The van der Waals surface area contributed by atoms with Gasteiger partial charge in [0.2, 0.25) is 0 Å². The van der Waals surface area contributed by atoms with Crippen molar-refractivity contribution in [3.63, 3.8) is 0 Å². The zero-order valence-electron chi connectivity index (χ0n) is 15.0. The molecule has 1 rings (SSSR count). The SMILES string of the molecule is CCNC(=NCc1c(CC)noc1CC)NCCCCC(F)(F)F.I. The lowest BCUT2D eigenvalue weighted by molar-refractivity contribution is -0.135. The standard InChI is InChI=1S/C16H27F3N4O.HI/c1-4-13-12(14(5-2)24-23-13)11-22-15(20-6-3)21-10-8-7-9-16(17,18)19;/h4-11H2,1-3H3,(H2,20,21,22);1H. The number of aromatic nitrogens is 1. The van der Waals surface area contributed by atoms with Gasteiger partial charge in [-0.2, -0.15) is 13.2 Å². The molecule has 0 amide bonds. The van der Waals surface area contributed by atoms with Crippen LogP contribution in [0.3, 0.4) is 0 Å². The van der Waals surface area contributed by atoms with Crippen molar-refractivity contribution in [3.8, 4) is 0 Å². The van der Waals surface area contributed by atoms with Gasteiger partial charge in [0.15, 0.2) is 5.96 Å². The van der Waals surface area contributed by atoms with E-state index in [1.165, 1.54) is 0 Å². The van der Waals surface area contributed by atoms with Gasteiger partial charge in [-0.15, -0.1) is 24.0 Å². The first-order valence-electron chi connectivity index (χ1n) is 8.46. The van der Waals surface area contributed by atoms with Crippen LogP contribution in [0.2, 0.25) is 0 Å². The Morgan fingerprint density at radius 3 is 2.40 bits per heavy atom. The fourth-order valence-electron chi connectivity index (χ4n) is 2.27. The molecule has 0 spiro atoms. The maximum atomic E-state index is 12.1. The first-order valence-corrected chi connectivity index (χ1v) is 8.46. The summed E-state index contributed by atoms with van der Waals surface area (Å²) in [5, 5.41) is 10.2. The molecule has 146 valence electrons. The Kier molecular flexibility index (Phi) is 11.9. The number of alkyl halides is 3. The summed E-state index contributed by atoms with van der Waals surface area (Å²) in [7, 11) is 0. The molecule has 9 heteroatoms. The molecule has 0 aromatic carbocycles. The molecular weight excluding hydrogens is 448 g/mol. The molecule has 5 nitrogen and oxygen atoms in total. The van der Waals surface area contributed by atoms with Crippen molar-refractivity contribution < 1.29 is 17.7 Å². The summed E-state index contributed by atoms with van der Waals surface area (Å²) in [6, 6.07) is 0. The number of halogens is 4. The van der Waals surface area contributed by atoms with Gasteiger partial charge in [-0.05, 0) is 26.2 Å². The van der Waals surface area contributed by atoms with Crippen LogP contribution in [0.25, 0.3) is 0 Å². The minimum Gasteiger partial charge on any atom is -0.361 e. The molecule has 1 aromatic rings. The molecule has 0 saturated carbocycles. The van der Waals surface area contributed by atoms with Crippen LogP contribution in [-0.2, 0) is 19.4 Å². The summed E-state index contributed by atoms with van der Waals surface area (Å²) in [5.41, 5.74) is 1.89. The Hall–Kier alpha value is -1.00. The van der Waals surface area contributed by atoms with Crippen molar-refractivity contribution in [1.29, 1.82) is 0 Å². The van der Waals surface area contributed by atoms with Crippen LogP contribution >= 0.6 is 24.0 Å². The van der Waals surface area contributed by atoms with Crippen molar-refractivity contribution in [2.45, 2.75) is 65.6 Å². The largest absolute Gasteiger partial charge is 0.389 e. The maximum Gasteiger partial charge on any atom is 0.389 e. The number of guanidine groups is 1. The number of nitrogens with one attached hydrogen (secondary N) is 2. The van der Waals surface area contributed by atoms with Crippen LogP contribution in [-0.4, -0.2) is 30.4 Å². The molecule has 0 fully saturated rings. The molecule has 0 aliphatic rings. The van der Waals surface area contributed by atoms with Crippen molar-refractivity contribution in [2.75, 3.05) is 13.1 Å². The second-order valence-corrected chi connectivity index (χ2v) is 5.43. The molecule has 25 heavy (non-hydrogen) atoms. The number of hydrogen-bond donors (Lipinski definition) is 2. The van der Waals surface area contributed by atoms with Gasteiger partial charge >= 0.3 is 6.18 Å². The predicted molar refractivity (Wildman–Crippen MR) is 103 cm³/mol. The Morgan fingerprint density at radius 2 is 1.84 bits per heavy atom. The summed E-state index contributed by atoms with van der Waals surface area (Å²) in [6.45, 7) is 7.51. The second-order valence-electron chi connectivity index (χ2n) is 5.43. The van der Waals surface area contributed by atoms with E-state index in [1.807, 2.05) is 20.8 Å². The highest BCUT2D eigenvalue weighted by Gasteiger charge is 2.25. The average Bonchev–Trinajstić information content (AvgIpc) is 2.93. The van der Waals surface area contributed by atoms with Crippen molar-refractivity contribution in [2.24, 2.45) is 4.99 Å².